The summed E-state index contributed by atoms with van der Waals surface area (Å²) in [4.78, 5) is 17.3. The van der Waals surface area contributed by atoms with Gasteiger partial charge in [0.15, 0.2) is 5.17 Å². The summed E-state index contributed by atoms with van der Waals surface area (Å²) in [6, 6.07) is 13.7. The van der Waals surface area contributed by atoms with Gasteiger partial charge in [-0.05, 0) is 84.1 Å². The number of carbonyl (C=O) groups is 1. The maximum absolute atomic E-state index is 12.2. The first-order valence-electron chi connectivity index (χ1n) is 7.84. The Morgan fingerprint density at radius 3 is 2.68 bits per heavy atom. The molecule has 25 heavy (non-hydrogen) atoms. The van der Waals surface area contributed by atoms with E-state index in [-0.39, 0.29) is 5.91 Å². The van der Waals surface area contributed by atoms with Gasteiger partial charge < -0.3 is 10.1 Å². The largest absolute Gasteiger partial charge is 0.493 e. The number of hydrogen-bond acceptors (Lipinski definition) is 4. The number of aliphatic imine (C=N–C) groups is 1. The molecule has 1 saturated heterocycles. The lowest BCUT2D eigenvalue weighted by atomic mass is 10.2. The molecule has 1 amide bonds. The second-order valence-electron chi connectivity index (χ2n) is 5.44. The smallest absolute Gasteiger partial charge is 0.264 e. The van der Waals surface area contributed by atoms with E-state index < -0.39 is 0 Å². The fourth-order valence-corrected chi connectivity index (χ4v) is 3.78. The standard InChI is InChI=1S/C19H17IN2O2S/c1-3-24-16-9-6-13(10-15(16)20)11-17-18(23)22-19(25-17)21-14-7-4-12(2)5-8-14/h4-11H,3H2,1-2H3,(H,21,22,23)/b17-11+. The van der Waals surface area contributed by atoms with E-state index in [1.807, 2.05) is 62.4 Å². The van der Waals surface area contributed by atoms with E-state index in [1.54, 1.807) is 0 Å². The number of carbonyl (C=O) groups excluding carboxylic acids is 1. The summed E-state index contributed by atoms with van der Waals surface area (Å²) in [6.45, 7) is 4.62. The highest BCUT2D eigenvalue weighted by molar-refractivity contribution is 14.1. The zero-order valence-corrected chi connectivity index (χ0v) is 16.8. The molecule has 0 unspecified atom stereocenters. The van der Waals surface area contributed by atoms with E-state index in [1.165, 1.54) is 17.3 Å². The van der Waals surface area contributed by atoms with Gasteiger partial charge in [-0.2, -0.15) is 0 Å². The molecule has 128 valence electrons. The van der Waals surface area contributed by atoms with E-state index in [4.69, 9.17) is 4.74 Å². The molecule has 1 aliphatic rings. The van der Waals surface area contributed by atoms with E-state index in [2.05, 4.69) is 32.9 Å². The number of thioether (sulfide) groups is 1. The first-order chi connectivity index (χ1) is 12.0. The lowest BCUT2D eigenvalue weighted by molar-refractivity contribution is -0.115. The van der Waals surface area contributed by atoms with Crippen LogP contribution in [-0.4, -0.2) is 17.7 Å². The van der Waals surface area contributed by atoms with Crippen LogP contribution in [0.25, 0.3) is 6.08 Å². The van der Waals surface area contributed by atoms with Gasteiger partial charge in [0, 0.05) is 0 Å². The van der Waals surface area contributed by atoms with Gasteiger partial charge in [-0.3, -0.25) is 4.79 Å². The Kier molecular flexibility index (Phi) is 5.80. The summed E-state index contributed by atoms with van der Waals surface area (Å²) in [6.07, 6.45) is 1.87. The van der Waals surface area contributed by atoms with Gasteiger partial charge in [0.1, 0.15) is 5.75 Å². The fourth-order valence-electron chi connectivity index (χ4n) is 2.25. The number of aryl methyl sites for hydroxylation is 1. The molecule has 2 aromatic rings. The SMILES string of the molecule is CCOc1ccc(/C=C2/SC(=Nc3ccc(C)cc3)NC2=O)cc1I. The second kappa shape index (κ2) is 8.05. The molecule has 0 bridgehead atoms. The third-order valence-corrected chi connectivity index (χ3v) is 5.22. The Balaban J connectivity index is 1.79. The highest BCUT2D eigenvalue weighted by Gasteiger charge is 2.23. The van der Waals surface area contributed by atoms with Crippen LogP contribution in [0.4, 0.5) is 5.69 Å². The lowest BCUT2D eigenvalue weighted by Crippen LogP contribution is -2.19. The van der Waals surface area contributed by atoms with Crippen molar-refractivity contribution in [2.45, 2.75) is 13.8 Å². The number of rotatable bonds is 4. The van der Waals surface area contributed by atoms with Gasteiger partial charge in [0.25, 0.3) is 5.91 Å². The van der Waals surface area contributed by atoms with Crippen molar-refractivity contribution >= 4 is 57.2 Å². The molecule has 0 aromatic heterocycles. The molecule has 1 N–H and O–H groups in total. The molecular formula is C19H17IN2O2S. The molecule has 1 aliphatic heterocycles. The zero-order chi connectivity index (χ0) is 17.8. The van der Waals surface area contributed by atoms with E-state index in [9.17, 15) is 4.79 Å². The van der Waals surface area contributed by atoms with E-state index in [0.717, 1.165) is 20.6 Å². The van der Waals surface area contributed by atoms with Crippen molar-refractivity contribution in [3.05, 3.63) is 62.1 Å². The van der Waals surface area contributed by atoms with Crippen LogP contribution in [0.1, 0.15) is 18.1 Å². The summed E-state index contributed by atoms with van der Waals surface area (Å²) < 4.78 is 6.56. The third kappa shape index (κ3) is 4.64. The predicted octanol–water partition coefficient (Wildman–Crippen LogP) is 4.89. The van der Waals surface area contributed by atoms with Crippen molar-refractivity contribution in [3.63, 3.8) is 0 Å². The van der Waals surface area contributed by atoms with Gasteiger partial charge in [-0.15, -0.1) is 0 Å². The van der Waals surface area contributed by atoms with Crippen molar-refractivity contribution in [2.24, 2.45) is 4.99 Å². The van der Waals surface area contributed by atoms with Crippen LogP contribution >= 0.6 is 34.4 Å². The van der Waals surface area contributed by atoms with Gasteiger partial charge in [-0.1, -0.05) is 23.8 Å². The first kappa shape index (κ1) is 18.0. The van der Waals surface area contributed by atoms with Crippen molar-refractivity contribution < 1.29 is 9.53 Å². The Labute approximate surface area is 164 Å². The maximum Gasteiger partial charge on any atom is 0.264 e. The molecule has 1 fully saturated rings. The van der Waals surface area contributed by atoms with Crippen LogP contribution in [0, 0.1) is 10.5 Å². The van der Waals surface area contributed by atoms with Gasteiger partial charge in [0.05, 0.1) is 20.8 Å². The maximum atomic E-state index is 12.2. The number of benzene rings is 2. The average Bonchev–Trinajstić information content (AvgIpc) is 2.92. The van der Waals surface area contributed by atoms with Crippen LogP contribution in [0.15, 0.2) is 52.4 Å². The quantitative estimate of drug-likeness (QED) is 0.518. The topological polar surface area (TPSA) is 50.7 Å². The van der Waals surface area contributed by atoms with E-state index in [0.29, 0.717) is 16.7 Å². The summed E-state index contributed by atoms with van der Waals surface area (Å²) in [5.41, 5.74) is 2.96. The normalized spacial score (nSPS) is 17.2. The number of ether oxygens (including phenoxy) is 1. The minimum Gasteiger partial charge on any atom is -0.493 e. The Morgan fingerprint density at radius 2 is 2.00 bits per heavy atom. The number of amides is 1. The van der Waals surface area contributed by atoms with Crippen molar-refractivity contribution in [1.29, 1.82) is 0 Å². The monoisotopic (exact) mass is 464 g/mol. The summed E-state index contributed by atoms with van der Waals surface area (Å²) in [5, 5.41) is 3.41. The molecule has 4 nitrogen and oxygen atoms in total. The second-order valence-corrected chi connectivity index (χ2v) is 7.63. The van der Waals surface area contributed by atoms with Gasteiger partial charge >= 0.3 is 0 Å². The van der Waals surface area contributed by atoms with Crippen LogP contribution in [-0.2, 0) is 4.79 Å². The molecule has 0 radical (unpaired) electrons. The van der Waals surface area contributed by atoms with Gasteiger partial charge in [-0.25, -0.2) is 4.99 Å². The van der Waals surface area contributed by atoms with Crippen molar-refractivity contribution in [2.75, 3.05) is 6.61 Å². The number of amidine groups is 1. The molecule has 0 saturated carbocycles. The highest BCUT2D eigenvalue weighted by atomic mass is 127. The minimum atomic E-state index is -0.125. The molecule has 1 heterocycles. The molecule has 2 aromatic carbocycles. The Bertz CT molecular complexity index is 860. The average molecular weight is 464 g/mol. The predicted molar refractivity (Wildman–Crippen MR) is 112 cm³/mol. The highest BCUT2D eigenvalue weighted by Crippen LogP contribution is 2.29. The molecule has 0 aliphatic carbocycles. The van der Waals surface area contributed by atoms with Crippen LogP contribution in [0.5, 0.6) is 5.75 Å². The Morgan fingerprint density at radius 1 is 1.24 bits per heavy atom. The number of halogens is 1. The van der Waals surface area contributed by atoms with Crippen LogP contribution in [0.3, 0.4) is 0 Å². The summed E-state index contributed by atoms with van der Waals surface area (Å²) in [5.74, 6) is 0.732. The summed E-state index contributed by atoms with van der Waals surface area (Å²) in [7, 11) is 0. The van der Waals surface area contributed by atoms with Crippen molar-refractivity contribution in [1.82, 2.24) is 5.32 Å². The number of hydrogen-bond donors (Lipinski definition) is 1. The lowest BCUT2D eigenvalue weighted by Gasteiger charge is -2.06. The molecule has 3 rings (SSSR count). The Hall–Kier alpha value is -1.80. The summed E-state index contributed by atoms with van der Waals surface area (Å²) >= 11 is 3.59. The minimum absolute atomic E-state index is 0.125. The van der Waals surface area contributed by atoms with E-state index >= 15 is 0 Å². The van der Waals surface area contributed by atoms with Crippen LogP contribution in [0.2, 0.25) is 0 Å². The first-order valence-corrected chi connectivity index (χ1v) is 9.73. The third-order valence-electron chi connectivity index (χ3n) is 3.47. The molecular weight excluding hydrogens is 447 g/mol. The molecule has 6 heteroatoms. The fraction of sp³-hybridized carbons (Fsp3) is 0.158. The molecule has 0 atom stereocenters. The van der Waals surface area contributed by atoms with Gasteiger partial charge in [0.2, 0.25) is 0 Å². The molecule has 0 spiro atoms. The number of nitrogens with zero attached hydrogens (tertiary/aromatic N) is 1. The van der Waals surface area contributed by atoms with Crippen molar-refractivity contribution in [3.8, 4) is 5.75 Å². The zero-order valence-electron chi connectivity index (χ0n) is 13.9. The number of nitrogens with one attached hydrogen (secondary N) is 1. The van der Waals surface area contributed by atoms with Crippen LogP contribution < -0.4 is 10.1 Å².